The Morgan fingerprint density at radius 3 is 2.90 bits per heavy atom. The molecule has 0 spiro atoms. The van der Waals surface area contributed by atoms with Crippen molar-refractivity contribution in [1.82, 2.24) is 9.88 Å². The highest BCUT2D eigenvalue weighted by atomic mass is 16.2. The van der Waals surface area contributed by atoms with E-state index in [-0.39, 0.29) is 5.92 Å². The molecule has 1 saturated carbocycles. The molecule has 1 aromatic heterocycles. The fraction of sp³-hybridized carbons (Fsp3) is 0.529. The number of carbonyl (C=O) groups is 1. The number of amides is 1. The number of hydrogen-bond acceptors (Lipinski definition) is 3. The van der Waals surface area contributed by atoms with Gasteiger partial charge in [0.2, 0.25) is 5.91 Å². The maximum absolute atomic E-state index is 12.5. The van der Waals surface area contributed by atoms with Crippen molar-refractivity contribution in [3.63, 3.8) is 0 Å². The number of hydrogen-bond donors (Lipinski definition) is 0. The van der Waals surface area contributed by atoms with Crippen molar-refractivity contribution in [3.05, 3.63) is 36.0 Å². The summed E-state index contributed by atoms with van der Waals surface area (Å²) in [6, 6.07) is 4.14. The number of fused-ring (bicyclic) bond motifs is 1. The van der Waals surface area contributed by atoms with Crippen molar-refractivity contribution in [3.8, 4) is 0 Å². The monoisotopic (exact) mass is 285 g/mol. The largest absolute Gasteiger partial charge is 0.351 e. The maximum atomic E-state index is 12.5. The summed E-state index contributed by atoms with van der Waals surface area (Å²) in [7, 11) is 0. The molecule has 4 nitrogen and oxygen atoms in total. The van der Waals surface area contributed by atoms with Crippen LogP contribution in [-0.4, -0.2) is 35.4 Å². The number of carbonyl (C=O) groups excluding carboxylic acids is 1. The van der Waals surface area contributed by atoms with E-state index < -0.39 is 0 Å². The van der Waals surface area contributed by atoms with E-state index in [0.717, 1.165) is 49.6 Å². The van der Waals surface area contributed by atoms with E-state index in [2.05, 4.69) is 22.5 Å². The minimum Gasteiger partial charge on any atom is -0.351 e. The van der Waals surface area contributed by atoms with Gasteiger partial charge in [0.25, 0.3) is 0 Å². The van der Waals surface area contributed by atoms with Gasteiger partial charge in [-0.05, 0) is 25.8 Å². The SMILES string of the molecule is C=CCN1CCN(C(=O)C2CCC2)Cc2ccc(C)nc21. The molecule has 0 atom stereocenters. The highest BCUT2D eigenvalue weighted by Crippen LogP contribution is 2.30. The lowest BCUT2D eigenvalue weighted by Gasteiger charge is -2.31. The van der Waals surface area contributed by atoms with Gasteiger partial charge in [-0.2, -0.15) is 0 Å². The van der Waals surface area contributed by atoms with Crippen molar-refractivity contribution in [2.75, 3.05) is 24.5 Å². The predicted octanol–water partition coefficient (Wildman–Crippen LogP) is 2.52. The molecule has 0 aromatic carbocycles. The van der Waals surface area contributed by atoms with E-state index in [1.165, 1.54) is 6.42 Å². The Kier molecular flexibility index (Phi) is 3.95. The Labute approximate surface area is 126 Å². The van der Waals surface area contributed by atoms with Gasteiger partial charge < -0.3 is 9.80 Å². The second kappa shape index (κ2) is 5.88. The molecule has 1 fully saturated rings. The third-order valence-electron chi connectivity index (χ3n) is 4.51. The van der Waals surface area contributed by atoms with E-state index in [0.29, 0.717) is 12.5 Å². The van der Waals surface area contributed by atoms with Crippen LogP contribution in [0.5, 0.6) is 0 Å². The molecule has 1 amide bonds. The zero-order valence-corrected chi connectivity index (χ0v) is 12.7. The summed E-state index contributed by atoms with van der Waals surface area (Å²) in [5.74, 6) is 1.60. The van der Waals surface area contributed by atoms with Gasteiger partial charge in [-0.25, -0.2) is 4.98 Å². The Balaban J connectivity index is 1.86. The lowest BCUT2D eigenvalue weighted by atomic mass is 9.84. The van der Waals surface area contributed by atoms with E-state index >= 15 is 0 Å². The highest BCUT2D eigenvalue weighted by molar-refractivity contribution is 5.80. The summed E-state index contributed by atoms with van der Waals surface area (Å²) in [6.07, 6.45) is 5.22. The van der Waals surface area contributed by atoms with E-state index in [9.17, 15) is 4.79 Å². The third kappa shape index (κ3) is 2.80. The molecule has 0 N–H and O–H groups in total. The van der Waals surface area contributed by atoms with Gasteiger partial charge in [-0.3, -0.25) is 4.79 Å². The number of aromatic nitrogens is 1. The van der Waals surface area contributed by atoms with Crippen LogP contribution in [0.15, 0.2) is 24.8 Å². The first-order chi connectivity index (χ1) is 10.2. The molecule has 3 rings (SSSR count). The molecule has 0 unspecified atom stereocenters. The molecular formula is C17H23N3O. The lowest BCUT2D eigenvalue weighted by Crippen LogP contribution is -2.40. The first-order valence-corrected chi connectivity index (χ1v) is 7.80. The minimum atomic E-state index is 0.262. The van der Waals surface area contributed by atoms with Crippen LogP contribution >= 0.6 is 0 Å². The fourth-order valence-electron chi connectivity index (χ4n) is 3.04. The van der Waals surface area contributed by atoms with Crippen LogP contribution in [0.2, 0.25) is 0 Å². The quantitative estimate of drug-likeness (QED) is 0.801. The van der Waals surface area contributed by atoms with Crippen LogP contribution in [0.4, 0.5) is 5.82 Å². The van der Waals surface area contributed by atoms with E-state index in [1.807, 2.05) is 24.0 Å². The Bertz CT molecular complexity index is 551. The molecule has 0 saturated heterocycles. The summed E-state index contributed by atoms with van der Waals surface area (Å²) in [5, 5.41) is 0. The molecule has 1 aromatic rings. The van der Waals surface area contributed by atoms with Crippen LogP contribution in [0.1, 0.15) is 30.5 Å². The average Bonchev–Trinajstić information content (AvgIpc) is 2.57. The van der Waals surface area contributed by atoms with Crippen molar-refractivity contribution in [2.24, 2.45) is 5.92 Å². The number of aryl methyl sites for hydroxylation is 1. The number of anilines is 1. The van der Waals surface area contributed by atoms with E-state index in [4.69, 9.17) is 0 Å². The fourth-order valence-corrected chi connectivity index (χ4v) is 3.04. The Hall–Kier alpha value is -1.84. The summed E-state index contributed by atoms with van der Waals surface area (Å²) in [4.78, 5) is 21.5. The Morgan fingerprint density at radius 2 is 2.24 bits per heavy atom. The van der Waals surface area contributed by atoms with E-state index in [1.54, 1.807) is 0 Å². The van der Waals surface area contributed by atoms with Crippen molar-refractivity contribution < 1.29 is 4.79 Å². The molecule has 1 aliphatic carbocycles. The molecule has 0 bridgehead atoms. The predicted molar refractivity (Wildman–Crippen MR) is 84.1 cm³/mol. The van der Waals surface area contributed by atoms with Crippen LogP contribution in [0.25, 0.3) is 0 Å². The normalized spacial score (nSPS) is 18.7. The topological polar surface area (TPSA) is 36.4 Å². The summed E-state index contributed by atoms with van der Waals surface area (Å²) >= 11 is 0. The summed E-state index contributed by atoms with van der Waals surface area (Å²) in [5.41, 5.74) is 2.16. The van der Waals surface area contributed by atoms with Gasteiger partial charge in [-0.15, -0.1) is 6.58 Å². The van der Waals surface area contributed by atoms with Gasteiger partial charge in [0.05, 0.1) is 0 Å². The van der Waals surface area contributed by atoms with Gasteiger partial charge in [0.1, 0.15) is 5.82 Å². The maximum Gasteiger partial charge on any atom is 0.226 e. The van der Waals surface area contributed by atoms with Gasteiger partial charge in [0, 0.05) is 43.4 Å². The second-order valence-electron chi connectivity index (χ2n) is 6.06. The smallest absolute Gasteiger partial charge is 0.226 e. The van der Waals surface area contributed by atoms with Crippen LogP contribution < -0.4 is 4.90 Å². The molecule has 0 radical (unpaired) electrons. The van der Waals surface area contributed by atoms with Gasteiger partial charge in [0.15, 0.2) is 0 Å². The van der Waals surface area contributed by atoms with Crippen molar-refractivity contribution in [2.45, 2.75) is 32.7 Å². The van der Waals surface area contributed by atoms with Crippen LogP contribution in [-0.2, 0) is 11.3 Å². The number of pyridine rings is 1. The molecule has 21 heavy (non-hydrogen) atoms. The highest BCUT2D eigenvalue weighted by Gasteiger charge is 2.31. The summed E-state index contributed by atoms with van der Waals surface area (Å²) < 4.78 is 0. The van der Waals surface area contributed by atoms with Gasteiger partial charge >= 0.3 is 0 Å². The average molecular weight is 285 g/mol. The lowest BCUT2D eigenvalue weighted by molar-refractivity contribution is -0.138. The van der Waals surface area contributed by atoms with Crippen LogP contribution in [0, 0.1) is 12.8 Å². The Morgan fingerprint density at radius 1 is 1.43 bits per heavy atom. The zero-order chi connectivity index (χ0) is 14.8. The van der Waals surface area contributed by atoms with Crippen molar-refractivity contribution in [1.29, 1.82) is 0 Å². The van der Waals surface area contributed by atoms with Gasteiger partial charge in [-0.1, -0.05) is 18.6 Å². The first-order valence-electron chi connectivity index (χ1n) is 7.80. The number of rotatable bonds is 3. The molecule has 4 heteroatoms. The zero-order valence-electron chi connectivity index (χ0n) is 12.7. The third-order valence-corrected chi connectivity index (χ3v) is 4.51. The molecular weight excluding hydrogens is 262 g/mol. The number of nitrogens with zero attached hydrogens (tertiary/aromatic N) is 3. The molecule has 2 heterocycles. The standard InChI is InChI=1S/C17H23N3O/c1-3-9-19-10-11-20(17(21)14-5-4-6-14)12-15-8-7-13(2)18-16(15)19/h3,7-8,14H,1,4-6,9-12H2,2H3. The first kappa shape index (κ1) is 14.1. The molecule has 2 aliphatic rings. The molecule has 112 valence electrons. The minimum absolute atomic E-state index is 0.262. The van der Waals surface area contributed by atoms with Crippen molar-refractivity contribution >= 4 is 11.7 Å². The van der Waals surface area contributed by atoms with Crippen LogP contribution in [0.3, 0.4) is 0 Å². The molecule has 1 aliphatic heterocycles. The summed E-state index contributed by atoms with van der Waals surface area (Å²) in [6.45, 7) is 8.91. The second-order valence-corrected chi connectivity index (χ2v) is 6.06.